The van der Waals surface area contributed by atoms with Crippen LogP contribution < -0.4 is 0 Å². The monoisotopic (exact) mass is 141 g/mol. The number of imide groups is 1. The summed E-state index contributed by atoms with van der Waals surface area (Å²) in [4.78, 5) is 22.9. The molecule has 1 saturated heterocycles. The average Bonchev–Trinajstić information content (AvgIpc) is 2.10. The van der Waals surface area contributed by atoms with Crippen LogP contribution in [0, 0.1) is 5.92 Å². The Hall–Kier alpha value is -0.860. The summed E-state index contributed by atoms with van der Waals surface area (Å²) < 4.78 is 0. The molecule has 0 aromatic carbocycles. The Kier molecular flexibility index (Phi) is 1.74. The largest absolute Gasteiger partial charge is 0.283 e. The first-order chi connectivity index (χ1) is 4.61. The van der Waals surface area contributed by atoms with Gasteiger partial charge in [-0.15, -0.1) is 0 Å². The van der Waals surface area contributed by atoms with Gasteiger partial charge in [0, 0.05) is 19.9 Å². The van der Waals surface area contributed by atoms with Crippen LogP contribution in [0.4, 0.5) is 0 Å². The highest BCUT2D eigenvalue weighted by atomic mass is 16.2. The van der Waals surface area contributed by atoms with Crippen LogP contribution in [-0.4, -0.2) is 23.3 Å². The third-order valence-corrected chi connectivity index (χ3v) is 1.70. The molecule has 1 fully saturated rings. The first-order valence-electron chi connectivity index (χ1n) is 3.42. The fourth-order valence-electron chi connectivity index (χ4n) is 1.19. The van der Waals surface area contributed by atoms with Crippen molar-refractivity contribution in [1.82, 2.24) is 4.90 Å². The molecule has 1 unspecified atom stereocenters. The second-order valence-electron chi connectivity index (χ2n) is 2.83. The highest BCUT2D eigenvalue weighted by Crippen LogP contribution is 2.16. The second-order valence-corrected chi connectivity index (χ2v) is 2.83. The fourth-order valence-corrected chi connectivity index (χ4v) is 1.19. The molecule has 0 bridgehead atoms. The van der Waals surface area contributed by atoms with E-state index < -0.39 is 0 Å². The van der Waals surface area contributed by atoms with E-state index in [0.717, 1.165) is 0 Å². The Labute approximate surface area is 60.0 Å². The van der Waals surface area contributed by atoms with Gasteiger partial charge in [-0.25, -0.2) is 0 Å². The zero-order valence-corrected chi connectivity index (χ0v) is 6.26. The van der Waals surface area contributed by atoms with E-state index in [9.17, 15) is 9.59 Å². The second kappa shape index (κ2) is 2.40. The Morgan fingerprint density at radius 1 is 1.70 bits per heavy atom. The number of hydrogen-bond acceptors (Lipinski definition) is 2. The summed E-state index contributed by atoms with van der Waals surface area (Å²) in [6.45, 7) is 4.00. The number of carbonyl (C=O) groups is 2. The molecule has 10 heavy (non-hydrogen) atoms. The Bertz CT molecular complexity index is 176. The van der Waals surface area contributed by atoms with Crippen molar-refractivity contribution in [2.45, 2.75) is 20.3 Å². The van der Waals surface area contributed by atoms with Gasteiger partial charge in [0.15, 0.2) is 0 Å². The summed E-state index contributed by atoms with van der Waals surface area (Å²) in [5, 5.41) is 0. The third kappa shape index (κ3) is 1.17. The van der Waals surface area contributed by atoms with E-state index in [1.807, 2.05) is 6.92 Å². The van der Waals surface area contributed by atoms with Crippen molar-refractivity contribution in [2.75, 3.05) is 6.54 Å². The lowest BCUT2D eigenvalue weighted by atomic mass is 10.2. The van der Waals surface area contributed by atoms with Gasteiger partial charge in [-0.05, 0) is 5.92 Å². The van der Waals surface area contributed by atoms with Crippen molar-refractivity contribution in [3.8, 4) is 0 Å². The standard InChI is InChI=1S/C7H11NO2/c1-5-3-7(10)8(4-5)6(2)9/h5H,3-4H2,1-2H3. The molecule has 56 valence electrons. The Morgan fingerprint density at radius 3 is 2.50 bits per heavy atom. The molecule has 0 N–H and O–H groups in total. The summed E-state index contributed by atoms with van der Waals surface area (Å²) in [6, 6.07) is 0. The lowest BCUT2D eigenvalue weighted by molar-refractivity contribution is -0.140. The molecule has 0 spiro atoms. The van der Waals surface area contributed by atoms with Gasteiger partial charge in [0.05, 0.1) is 0 Å². The van der Waals surface area contributed by atoms with Crippen LogP contribution in [0.15, 0.2) is 0 Å². The number of likely N-dealkylation sites (tertiary alicyclic amines) is 1. The molecule has 0 aromatic rings. The first-order valence-corrected chi connectivity index (χ1v) is 3.42. The molecule has 0 saturated carbocycles. The number of hydrogen-bond donors (Lipinski definition) is 0. The van der Waals surface area contributed by atoms with E-state index in [-0.39, 0.29) is 11.8 Å². The minimum atomic E-state index is -0.130. The topological polar surface area (TPSA) is 37.4 Å². The molecule has 1 aliphatic rings. The van der Waals surface area contributed by atoms with Crippen molar-refractivity contribution in [3.05, 3.63) is 0 Å². The maximum atomic E-state index is 10.9. The van der Waals surface area contributed by atoms with Crippen molar-refractivity contribution in [2.24, 2.45) is 5.92 Å². The van der Waals surface area contributed by atoms with Crippen molar-refractivity contribution in [3.63, 3.8) is 0 Å². The highest BCUT2D eigenvalue weighted by Gasteiger charge is 2.28. The van der Waals surface area contributed by atoms with Gasteiger partial charge < -0.3 is 0 Å². The number of amides is 2. The summed E-state index contributed by atoms with van der Waals surface area (Å²) in [5.41, 5.74) is 0. The van der Waals surface area contributed by atoms with Gasteiger partial charge in [0.25, 0.3) is 0 Å². The smallest absolute Gasteiger partial charge is 0.229 e. The molecular formula is C7H11NO2. The average molecular weight is 141 g/mol. The predicted molar refractivity (Wildman–Crippen MR) is 36.2 cm³/mol. The highest BCUT2D eigenvalue weighted by molar-refractivity contribution is 5.95. The van der Waals surface area contributed by atoms with E-state index in [2.05, 4.69) is 0 Å². The molecule has 3 nitrogen and oxygen atoms in total. The van der Waals surface area contributed by atoms with Gasteiger partial charge in [0.2, 0.25) is 11.8 Å². The third-order valence-electron chi connectivity index (χ3n) is 1.70. The van der Waals surface area contributed by atoms with Crippen LogP contribution in [0.1, 0.15) is 20.3 Å². The summed E-state index contributed by atoms with van der Waals surface area (Å²) >= 11 is 0. The van der Waals surface area contributed by atoms with E-state index in [4.69, 9.17) is 0 Å². The van der Waals surface area contributed by atoms with Crippen molar-refractivity contribution >= 4 is 11.8 Å². The maximum Gasteiger partial charge on any atom is 0.229 e. The first kappa shape index (κ1) is 7.25. The number of nitrogens with zero attached hydrogens (tertiary/aromatic N) is 1. The molecule has 1 atom stereocenters. The van der Waals surface area contributed by atoms with Crippen molar-refractivity contribution in [1.29, 1.82) is 0 Å². The van der Waals surface area contributed by atoms with E-state index in [1.165, 1.54) is 11.8 Å². The quantitative estimate of drug-likeness (QED) is 0.489. The molecule has 0 radical (unpaired) electrons. The maximum absolute atomic E-state index is 10.9. The zero-order chi connectivity index (χ0) is 7.72. The number of rotatable bonds is 0. The molecular weight excluding hydrogens is 130 g/mol. The minimum Gasteiger partial charge on any atom is -0.283 e. The fraction of sp³-hybridized carbons (Fsp3) is 0.714. The Morgan fingerprint density at radius 2 is 2.30 bits per heavy atom. The minimum absolute atomic E-state index is 0.0278. The molecule has 0 aromatic heterocycles. The summed E-state index contributed by atoms with van der Waals surface area (Å²) in [6.07, 6.45) is 0.527. The van der Waals surface area contributed by atoms with E-state index in [1.54, 1.807) is 0 Å². The predicted octanol–water partition coefficient (Wildman–Crippen LogP) is 0.401. The molecule has 2 amide bonds. The van der Waals surface area contributed by atoms with Gasteiger partial charge in [-0.3, -0.25) is 14.5 Å². The van der Waals surface area contributed by atoms with Gasteiger partial charge in [0.1, 0.15) is 0 Å². The van der Waals surface area contributed by atoms with Crippen LogP contribution in [-0.2, 0) is 9.59 Å². The van der Waals surface area contributed by atoms with Gasteiger partial charge in [-0.2, -0.15) is 0 Å². The van der Waals surface area contributed by atoms with E-state index in [0.29, 0.717) is 18.9 Å². The SMILES string of the molecule is CC(=O)N1CC(C)CC1=O. The summed E-state index contributed by atoms with van der Waals surface area (Å²) in [5.74, 6) is 0.186. The van der Waals surface area contributed by atoms with Crippen LogP contribution in [0.25, 0.3) is 0 Å². The Balaban J connectivity index is 2.63. The van der Waals surface area contributed by atoms with Gasteiger partial charge >= 0.3 is 0 Å². The molecule has 3 heteroatoms. The zero-order valence-electron chi connectivity index (χ0n) is 6.26. The molecule has 1 aliphatic heterocycles. The van der Waals surface area contributed by atoms with Crippen LogP contribution in [0.2, 0.25) is 0 Å². The van der Waals surface area contributed by atoms with Crippen LogP contribution in [0.3, 0.4) is 0 Å². The summed E-state index contributed by atoms with van der Waals surface area (Å²) in [7, 11) is 0. The van der Waals surface area contributed by atoms with Crippen molar-refractivity contribution < 1.29 is 9.59 Å². The molecule has 0 aliphatic carbocycles. The van der Waals surface area contributed by atoms with Gasteiger partial charge in [-0.1, -0.05) is 6.92 Å². The number of carbonyl (C=O) groups excluding carboxylic acids is 2. The lowest BCUT2D eigenvalue weighted by Gasteiger charge is -2.09. The lowest BCUT2D eigenvalue weighted by Crippen LogP contribution is -2.29. The molecule has 1 rings (SSSR count). The molecule has 1 heterocycles. The van der Waals surface area contributed by atoms with E-state index >= 15 is 0 Å². The normalized spacial score (nSPS) is 25.6. The van der Waals surface area contributed by atoms with Crippen LogP contribution in [0.5, 0.6) is 0 Å². The van der Waals surface area contributed by atoms with Crippen LogP contribution >= 0.6 is 0 Å².